The van der Waals surface area contributed by atoms with Gasteiger partial charge in [-0.3, -0.25) is 9.59 Å². The van der Waals surface area contributed by atoms with Crippen LogP contribution in [-0.4, -0.2) is 38.6 Å². The molecule has 1 aromatic heterocycles. The minimum absolute atomic E-state index is 0.0297. The van der Waals surface area contributed by atoms with Gasteiger partial charge < -0.3 is 15.4 Å². The molecule has 1 aromatic rings. The van der Waals surface area contributed by atoms with Crippen LogP contribution < -0.4 is 10.6 Å². The monoisotopic (exact) mass is 320 g/mol. The highest BCUT2D eigenvalue weighted by molar-refractivity contribution is 9.11. The Labute approximate surface area is 112 Å². The maximum absolute atomic E-state index is 11.6. The van der Waals surface area contributed by atoms with E-state index in [-0.39, 0.29) is 18.4 Å². The second-order valence-electron chi connectivity index (χ2n) is 3.13. The normalized spacial score (nSPS) is 10.0. The van der Waals surface area contributed by atoms with Gasteiger partial charge in [-0.25, -0.2) is 0 Å². The predicted molar refractivity (Wildman–Crippen MR) is 69.2 cm³/mol. The van der Waals surface area contributed by atoms with Gasteiger partial charge in [0.05, 0.1) is 21.8 Å². The fourth-order valence-corrected chi connectivity index (χ4v) is 2.34. The Morgan fingerprint density at radius 2 is 2.18 bits per heavy atom. The third kappa shape index (κ3) is 5.29. The zero-order valence-electron chi connectivity index (χ0n) is 9.29. The Morgan fingerprint density at radius 1 is 1.41 bits per heavy atom. The Hall–Kier alpha value is -0.920. The van der Waals surface area contributed by atoms with Crippen molar-refractivity contribution >= 4 is 39.1 Å². The van der Waals surface area contributed by atoms with Gasteiger partial charge in [0.1, 0.15) is 0 Å². The van der Waals surface area contributed by atoms with Crippen molar-refractivity contribution in [2.45, 2.75) is 0 Å². The summed E-state index contributed by atoms with van der Waals surface area (Å²) in [5, 5.41) is 5.15. The van der Waals surface area contributed by atoms with E-state index in [9.17, 15) is 9.59 Å². The van der Waals surface area contributed by atoms with Crippen LogP contribution in [0, 0.1) is 0 Å². The van der Waals surface area contributed by atoms with Crippen molar-refractivity contribution in [3.05, 3.63) is 20.8 Å². The molecule has 7 heteroatoms. The summed E-state index contributed by atoms with van der Waals surface area (Å²) in [5.74, 6) is -0.478. The van der Waals surface area contributed by atoms with Crippen LogP contribution in [-0.2, 0) is 9.53 Å². The van der Waals surface area contributed by atoms with Crippen LogP contribution in [0.25, 0.3) is 0 Å². The molecule has 0 aliphatic heterocycles. The quantitative estimate of drug-likeness (QED) is 0.768. The lowest BCUT2D eigenvalue weighted by atomic mass is 10.4. The maximum Gasteiger partial charge on any atom is 0.261 e. The second kappa shape index (κ2) is 7.41. The third-order valence-electron chi connectivity index (χ3n) is 1.83. The van der Waals surface area contributed by atoms with Crippen molar-refractivity contribution in [3.8, 4) is 0 Å². The van der Waals surface area contributed by atoms with Crippen molar-refractivity contribution < 1.29 is 14.3 Å². The van der Waals surface area contributed by atoms with Gasteiger partial charge in [-0.1, -0.05) is 0 Å². The van der Waals surface area contributed by atoms with E-state index >= 15 is 0 Å². The smallest absolute Gasteiger partial charge is 0.261 e. The van der Waals surface area contributed by atoms with Gasteiger partial charge in [0.15, 0.2) is 0 Å². The molecule has 0 atom stereocenters. The molecule has 94 valence electrons. The summed E-state index contributed by atoms with van der Waals surface area (Å²) in [7, 11) is 1.56. The van der Waals surface area contributed by atoms with Crippen LogP contribution in [0.2, 0.25) is 0 Å². The standard InChI is InChI=1S/C10H13BrN2O3S/c1-16-5-4-12-9(14)6-13-10(15)7-2-3-8(11)17-7/h2-3H,4-6H2,1H3,(H,12,14)(H,13,15). The lowest BCUT2D eigenvalue weighted by Gasteiger charge is -2.05. The number of hydrogen-bond donors (Lipinski definition) is 2. The first-order chi connectivity index (χ1) is 8.13. The molecule has 0 spiro atoms. The fraction of sp³-hybridized carbons (Fsp3) is 0.400. The predicted octanol–water partition coefficient (Wildman–Crippen LogP) is 1.00. The van der Waals surface area contributed by atoms with Gasteiger partial charge >= 0.3 is 0 Å². The first-order valence-electron chi connectivity index (χ1n) is 4.92. The lowest BCUT2D eigenvalue weighted by molar-refractivity contribution is -0.120. The molecule has 0 fully saturated rings. The van der Waals surface area contributed by atoms with Crippen LogP contribution in [0.5, 0.6) is 0 Å². The van der Waals surface area contributed by atoms with Crippen LogP contribution in [0.4, 0.5) is 0 Å². The van der Waals surface area contributed by atoms with Crippen molar-refractivity contribution in [3.63, 3.8) is 0 Å². The Morgan fingerprint density at radius 3 is 2.76 bits per heavy atom. The Bertz CT molecular complexity index is 395. The molecule has 1 heterocycles. The van der Waals surface area contributed by atoms with Crippen molar-refractivity contribution in [1.82, 2.24) is 10.6 Å². The first-order valence-corrected chi connectivity index (χ1v) is 6.53. The zero-order chi connectivity index (χ0) is 12.7. The lowest BCUT2D eigenvalue weighted by Crippen LogP contribution is -2.37. The van der Waals surface area contributed by atoms with Gasteiger partial charge in [0.2, 0.25) is 5.91 Å². The number of ether oxygens (including phenoxy) is 1. The molecule has 0 aromatic carbocycles. The Balaban J connectivity index is 2.26. The molecule has 0 saturated heterocycles. The van der Waals surface area contributed by atoms with Crippen LogP contribution in [0.1, 0.15) is 9.67 Å². The fourth-order valence-electron chi connectivity index (χ4n) is 1.04. The maximum atomic E-state index is 11.6. The van der Waals surface area contributed by atoms with Gasteiger partial charge in [-0.15, -0.1) is 11.3 Å². The van der Waals surface area contributed by atoms with Crippen molar-refractivity contribution in [2.75, 3.05) is 26.8 Å². The minimum Gasteiger partial charge on any atom is -0.383 e. The molecule has 0 saturated carbocycles. The number of carbonyl (C=O) groups excluding carboxylic acids is 2. The third-order valence-corrected chi connectivity index (χ3v) is 3.46. The molecule has 5 nitrogen and oxygen atoms in total. The number of methoxy groups -OCH3 is 1. The zero-order valence-corrected chi connectivity index (χ0v) is 11.7. The number of halogens is 1. The van der Waals surface area contributed by atoms with E-state index in [1.807, 2.05) is 0 Å². The molecule has 17 heavy (non-hydrogen) atoms. The second-order valence-corrected chi connectivity index (χ2v) is 5.59. The van der Waals surface area contributed by atoms with Gasteiger partial charge in [-0.2, -0.15) is 0 Å². The number of amides is 2. The molecular weight excluding hydrogens is 308 g/mol. The first kappa shape index (κ1) is 14.1. The van der Waals surface area contributed by atoms with E-state index in [1.165, 1.54) is 11.3 Å². The number of nitrogens with one attached hydrogen (secondary N) is 2. The molecule has 0 bridgehead atoms. The molecule has 2 N–H and O–H groups in total. The SMILES string of the molecule is COCCNC(=O)CNC(=O)c1ccc(Br)s1. The molecular formula is C10H13BrN2O3S. The van der Waals surface area contributed by atoms with E-state index in [2.05, 4.69) is 26.6 Å². The molecule has 0 aliphatic carbocycles. The summed E-state index contributed by atoms with van der Waals surface area (Å²) >= 11 is 4.59. The van der Waals surface area contributed by atoms with Gasteiger partial charge in [-0.05, 0) is 28.1 Å². The number of hydrogen-bond acceptors (Lipinski definition) is 4. The van der Waals surface area contributed by atoms with Crippen molar-refractivity contribution in [2.24, 2.45) is 0 Å². The minimum atomic E-state index is -0.248. The largest absolute Gasteiger partial charge is 0.383 e. The van der Waals surface area contributed by atoms with Gasteiger partial charge in [0.25, 0.3) is 5.91 Å². The Kier molecular flexibility index (Phi) is 6.17. The highest BCUT2D eigenvalue weighted by atomic mass is 79.9. The summed E-state index contributed by atoms with van der Waals surface area (Å²) in [5.41, 5.74) is 0. The van der Waals surface area contributed by atoms with E-state index in [1.54, 1.807) is 19.2 Å². The summed E-state index contributed by atoms with van der Waals surface area (Å²) in [6, 6.07) is 3.49. The van der Waals surface area contributed by atoms with E-state index in [4.69, 9.17) is 4.74 Å². The highest BCUT2D eigenvalue weighted by Gasteiger charge is 2.09. The van der Waals surface area contributed by atoms with E-state index < -0.39 is 0 Å². The summed E-state index contributed by atoms with van der Waals surface area (Å²) in [4.78, 5) is 23.4. The molecule has 2 amide bonds. The summed E-state index contributed by atoms with van der Waals surface area (Å²) in [6.45, 7) is 0.866. The highest BCUT2D eigenvalue weighted by Crippen LogP contribution is 2.21. The van der Waals surface area contributed by atoms with E-state index in [0.717, 1.165) is 3.79 Å². The number of carbonyl (C=O) groups is 2. The van der Waals surface area contributed by atoms with Crippen LogP contribution in [0.3, 0.4) is 0 Å². The molecule has 0 unspecified atom stereocenters. The van der Waals surface area contributed by atoms with Crippen molar-refractivity contribution in [1.29, 1.82) is 0 Å². The van der Waals surface area contributed by atoms with Crippen LogP contribution in [0.15, 0.2) is 15.9 Å². The molecule has 0 radical (unpaired) electrons. The van der Waals surface area contributed by atoms with Gasteiger partial charge in [0, 0.05) is 13.7 Å². The van der Waals surface area contributed by atoms with E-state index in [0.29, 0.717) is 18.0 Å². The summed E-state index contributed by atoms with van der Waals surface area (Å²) < 4.78 is 5.67. The van der Waals surface area contributed by atoms with Crippen LogP contribution >= 0.6 is 27.3 Å². The average molecular weight is 321 g/mol. The topological polar surface area (TPSA) is 67.4 Å². The molecule has 1 rings (SSSR count). The number of thiophene rings is 1. The molecule has 0 aliphatic rings. The number of rotatable bonds is 6. The average Bonchev–Trinajstić information content (AvgIpc) is 2.73. The summed E-state index contributed by atoms with van der Waals surface area (Å²) in [6.07, 6.45) is 0.